The second-order valence-corrected chi connectivity index (χ2v) is 6.32. The molecule has 0 saturated carbocycles. The summed E-state index contributed by atoms with van der Waals surface area (Å²) in [4.78, 5) is 16.6. The van der Waals surface area contributed by atoms with E-state index in [0.29, 0.717) is 6.61 Å². The number of carbonyl (C=O) groups excluding carboxylic acids is 1. The number of hydrogen-bond donors (Lipinski definition) is 1. The Morgan fingerprint density at radius 2 is 2.16 bits per heavy atom. The highest BCUT2D eigenvalue weighted by Crippen LogP contribution is 2.28. The van der Waals surface area contributed by atoms with Crippen LogP contribution in [0.25, 0.3) is 0 Å². The van der Waals surface area contributed by atoms with E-state index in [9.17, 15) is 4.79 Å². The summed E-state index contributed by atoms with van der Waals surface area (Å²) >= 11 is 1.59. The minimum absolute atomic E-state index is 0.00683. The molecular formula is C14H24N2O2S. The van der Waals surface area contributed by atoms with Gasteiger partial charge >= 0.3 is 5.97 Å². The van der Waals surface area contributed by atoms with Gasteiger partial charge in [-0.1, -0.05) is 27.7 Å². The van der Waals surface area contributed by atoms with E-state index in [-0.39, 0.29) is 11.4 Å². The molecule has 5 heteroatoms. The van der Waals surface area contributed by atoms with E-state index in [1.165, 1.54) is 0 Å². The van der Waals surface area contributed by atoms with Gasteiger partial charge in [-0.05, 0) is 19.9 Å². The van der Waals surface area contributed by atoms with E-state index >= 15 is 0 Å². The smallest absolute Gasteiger partial charge is 0.329 e. The predicted molar refractivity (Wildman–Crippen MR) is 78.5 cm³/mol. The van der Waals surface area contributed by atoms with Crippen molar-refractivity contribution >= 4 is 17.3 Å². The Morgan fingerprint density at radius 1 is 1.47 bits per heavy atom. The van der Waals surface area contributed by atoms with Crippen molar-refractivity contribution in [3.8, 4) is 0 Å². The molecular weight excluding hydrogens is 260 g/mol. The quantitative estimate of drug-likeness (QED) is 0.816. The van der Waals surface area contributed by atoms with Crippen LogP contribution in [0.5, 0.6) is 0 Å². The molecule has 1 heterocycles. The molecule has 0 aliphatic carbocycles. The van der Waals surface area contributed by atoms with Crippen molar-refractivity contribution in [3.63, 3.8) is 0 Å². The molecule has 1 rings (SSSR count). The topological polar surface area (TPSA) is 51.2 Å². The first kappa shape index (κ1) is 16.1. The summed E-state index contributed by atoms with van der Waals surface area (Å²) < 4.78 is 5.11. The molecule has 0 bridgehead atoms. The molecule has 0 amide bonds. The maximum atomic E-state index is 12.0. The van der Waals surface area contributed by atoms with Gasteiger partial charge in [0.2, 0.25) is 0 Å². The lowest BCUT2D eigenvalue weighted by molar-refractivity contribution is -0.145. The Balaban J connectivity index is 2.90. The van der Waals surface area contributed by atoms with E-state index in [0.717, 1.165) is 23.7 Å². The summed E-state index contributed by atoms with van der Waals surface area (Å²) in [6.07, 6.45) is 0.964. The average molecular weight is 284 g/mol. The molecule has 0 radical (unpaired) electrons. The Kier molecular flexibility index (Phi) is 5.94. The van der Waals surface area contributed by atoms with Crippen molar-refractivity contribution < 1.29 is 9.53 Å². The molecule has 0 aliphatic heterocycles. The van der Waals surface area contributed by atoms with Gasteiger partial charge in [0.15, 0.2) is 0 Å². The molecule has 1 unspecified atom stereocenters. The highest BCUT2D eigenvalue weighted by Gasteiger charge is 2.26. The predicted octanol–water partition coefficient (Wildman–Crippen LogP) is 3.04. The molecule has 1 aromatic heterocycles. The third-order valence-corrected chi connectivity index (χ3v) is 3.87. The zero-order chi connectivity index (χ0) is 14.5. The molecule has 108 valence electrons. The van der Waals surface area contributed by atoms with Crippen LogP contribution in [-0.2, 0) is 14.9 Å². The molecule has 1 atom stereocenters. The number of hydrogen-bond acceptors (Lipinski definition) is 5. The first-order valence-corrected chi connectivity index (χ1v) is 7.64. The van der Waals surface area contributed by atoms with E-state index in [2.05, 4.69) is 38.0 Å². The van der Waals surface area contributed by atoms with E-state index in [1.807, 2.05) is 12.3 Å². The van der Waals surface area contributed by atoms with Gasteiger partial charge in [-0.15, -0.1) is 11.3 Å². The highest BCUT2D eigenvalue weighted by atomic mass is 32.1. The van der Waals surface area contributed by atoms with E-state index in [4.69, 9.17) is 4.74 Å². The van der Waals surface area contributed by atoms with Gasteiger partial charge in [0.1, 0.15) is 6.04 Å². The van der Waals surface area contributed by atoms with Crippen LogP contribution in [0.1, 0.15) is 57.8 Å². The van der Waals surface area contributed by atoms with Gasteiger partial charge < -0.3 is 4.74 Å². The fraction of sp³-hybridized carbons (Fsp3) is 0.714. The van der Waals surface area contributed by atoms with Crippen molar-refractivity contribution in [1.29, 1.82) is 0 Å². The molecule has 19 heavy (non-hydrogen) atoms. The van der Waals surface area contributed by atoms with Crippen molar-refractivity contribution in [2.45, 2.75) is 52.5 Å². The molecule has 0 fully saturated rings. The lowest BCUT2D eigenvalue weighted by Gasteiger charge is -2.16. The third-order valence-electron chi connectivity index (χ3n) is 2.58. The number of nitrogens with one attached hydrogen (secondary N) is 1. The largest absolute Gasteiger partial charge is 0.465 e. The van der Waals surface area contributed by atoms with Gasteiger partial charge in [0.25, 0.3) is 0 Å². The lowest BCUT2D eigenvalue weighted by Crippen LogP contribution is -2.31. The van der Waals surface area contributed by atoms with Crippen LogP contribution in [0.3, 0.4) is 0 Å². The number of thiazole rings is 1. The standard InChI is InChI=1S/C14H24N2O2S/c1-6-8-15-11(12(17)18-7-2)10-9-19-13(16-10)14(3,4)5/h9,11,15H,6-8H2,1-5H3. The monoisotopic (exact) mass is 284 g/mol. The SMILES string of the molecule is CCCNC(C(=O)OCC)c1csc(C(C)(C)C)n1. The van der Waals surface area contributed by atoms with Gasteiger partial charge in [-0.3, -0.25) is 5.32 Å². The molecule has 0 aliphatic rings. The van der Waals surface area contributed by atoms with Crippen molar-refractivity contribution in [2.75, 3.05) is 13.2 Å². The average Bonchev–Trinajstić information content (AvgIpc) is 2.79. The third kappa shape index (κ3) is 4.58. The fourth-order valence-corrected chi connectivity index (χ4v) is 2.52. The lowest BCUT2D eigenvalue weighted by atomic mass is 9.98. The maximum absolute atomic E-state index is 12.0. The van der Waals surface area contributed by atoms with Crippen molar-refractivity contribution in [3.05, 3.63) is 16.1 Å². The van der Waals surface area contributed by atoms with Crippen LogP contribution < -0.4 is 5.32 Å². The zero-order valence-corrected chi connectivity index (χ0v) is 13.3. The van der Waals surface area contributed by atoms with Crippen LogP contribution in [0, 0.1) is 0 Å². The van der Waals surface area contributed by atoms with Gasteiger partial charge in [0, 0.05) is 10.8 Å². The van der Waals surface area contributed by atoms with Crippen molar-refractivity contribution in [1.82, 2.24) is 10.3 Å². The maximum Gasteiger partial charge on any atom is 0.329 e. The molecule has 1 aromatic rings. The number of esters is 1. The summed E-state index contributed by atoms with van der Waals surface area (Å²) in [5, 5.41) is 6.19. The number of nitrogens with zero attached hydrogens (tertiary/aromatic N) is 1. The Hall–Kier alpha value is -0.940. The first-order valence-electron chi connectivity index (χ1n) is 6.76. The molecule has 1 N–H and O–H groups in total. The van der Waals surface area contributed by atoms with E-state index < -0.39 is 6.04 Å². The zero-order valence-electron chi connectivity index (χ0n) is 12.4. The van der Waals surface area contributed by atoms with Gasteiger partial charge in [-0.25, -0.2) is 9.78 Å². The summed E-state index contributed by atoms with van der Waals surface area (Å²) in [6, 6.07) is -0.452. The van der Waals surface area contributed by atoms with Crippen molar-refractivity contribution in [2.24, 2.45) is 0 Å². The number of ether oxygens (including phenoxy) is 1. The Labute approximate surface area is 119 Å². The molecule has 4 nitrogen and oxygen atoms in total. The Bertz CT molecular complexity index is 410. The molecule has 0 saturated heterocycles. The van der Waals surface area contributed by atoms with Crippen LogP contribution in [0.4, 0.5) is 0 Å². The van der Waals surface area contributed by atoms with Gasteiger partial charge in [-0.2, -0.15) is 0 Å². The number of rotatable bonds is 6. The second kappa shape index (κ2) is 7.01. The van der Waals surface area contributed by atoms with Gasteiger partial charge in [0.05, 0.1) is 17.3 Å². The number of aromatic nitrogens is 1. The summed E-state index contributed by atoms with van der Waals surface area (Å²) in [6.45, 7) is 11.4. The van der Waals surface area contributed by atoms with Crippen LogP contribution >= 0.6 is 11.3 Å². The van der Waals surface area contributed by atoms with Crippen LogP contribution in [-0.4, -0.2) is 24.1 Å². The summed E-state index contributed by atoms with van der Waals surface area (Å²) in [7, 11) is 0. The van der Waals surface area contributed by atoms with Crippen LogP contribution in [0.15, 0.2) is 5.38 Å². The second-order valence-electron chi connectivity index (χ2n) is 5.47. The fourth-order valence-electron chi connectivity index (χ4n) is 1.59. The first-order chi connectivity index (χ1) is 8.90. The minimum atomic E-state index is -0.452. The highest BCUT2D eigenvalue weighted by molar-refractivity contribution is 7.09. The normalized spacial score (nSPS) is 13.3. The molecule has 0 aromatic carbocycles. The number of carbonyl (C=O) groups is 1. The summed E-state index contributed by atoms with van der Waals surface area (Å²) in [5.74, 6) is -0.248. The van der Waals surface area contributed by atoms with Crippen LogP contribution in [0.2, 0.25) is 0 Å². The minimum Gasteiger partial charge on any atom is -0.465 e. The summed E-state index contributed by atoms with van der Waals surface area (Å²) in [5.41, 5.74) is 0.772. The molecule has 0 spiro atoms. The van der Waals surface area contributed by atoms with E-state index in [1.54, 1.807) is 11.3 Å². The Morgan fingerprint density at radius 3 is 2.63 bits per heavy atom.